The van der Waals surface area contributed by atoms with Gasteiger partial charge in [0.1, 0.15) is 0 Å². The van der Waals surface area contributed by atoms with Crippen molar-refractivity contribution in [2.24, 2.45) is 11.8 Å². The van der Waals surface area contributed by atoms with Crippen LogP contribution in [0.2, 0.25) is 0 Å². The van der Waals surface area contributed by atoms with E-state index in [9.17, 15) is 19.2 Å². The first-order valence-electron chi connectivity index (χ1n) is 8.55. The molecule has 10 heteroatoms. The van der Waals surface area contributed by atoms with Crippen LogP contribution in [-0.4, -0.2) is 96.4 Å². The van der Waals surface area contributed by atoms with Gasteiger partial charge in [0.05, 0.1) is 38.3 Å². The summed E-state index contributed by atoms with van der Waals surface area (Å²) in [5, 5.41) is 17.8. The highest BCUT2D eigenvalue weighted by Gasteiger charge is 2.34. The van der Waals surface area contributed by atoms with Crippen molar-refractivity contribution in [3.63, 3.8) is 0 Å². The van der Waals surface area contributed by atoms with Crippen LogP contribution in [-0.2, 0) is 28.7 Å². The standard InChI is InChI=1S/C16H24N2O8/c19-13-7-11(15(21)22)9-17(13)1-3-25-5-6-26-4-2-18-10-12(16(23)24)8-14(18)20/h11-12H,1-10H2,(H,21,22)(H,23,24). The molecule has 0 saturated carbocycles. The van der Waals surface area contributed by atoms with Crippen molar-refractivity contribution >= 4 is 23.8 Å². The van der Waals surface area contributed by atoms with Gasteiger partial charge in [-0.25, -0.2) is 0 Å². The average Bonchev–Trinajstić information content (AvgIpc) is 3.13. The highest BCUT2D eigenvalue weighted by atomic mass is 16.5. The van der Waals surface area contributed by atoms with Crippen molar-refractivity contribution in [1.82, 2.24) is 9.80 Å². The normalized spacial score (nSPS) is 23.1. The summed E-state index contributed by atoms with van der Waals surface area (Å²) < 4.78 is 10.7. The van der Waals surface area contributed by atoms with Gasteiger partial charge in [0.15, 0.2) is 0 Å². The fourth-order valence-electron chi connectivity index (χ4n) is 2.98. The molecule has 26 heavy (non-hydrogen) atoms. The third-order valence-electron chi connectivity index (χ3n) is 4.51. The van der Waals surface area contributed by atoms with Gasteiger partial charge in [-0.15, -0.1) is 0 Å². The molecule has 0 aliphatic carbocycles. The third-order valence-corrected chi connectivity index (χ3v) is 4.51. The first kappa shape index (κ1) is 20.1. The molecule has 2 fully saturated rings. The predicted octanol–water partition coefficient (Wildman–Crippen LogP) is -1.11. The van der Waals surface area contributed by atoms with Crippen LogP contribution in [0.1, 0.15) is 12.8 Å². The maximum absolute atomic E-state index is 11.6. The van der Waals surface area contributed by atoms with Crippen LogP contribution < -0.4 is 0 Å². The van der Waals surface area contributed by atoms with Crippen molar-refractivity contribution in [3.8, 4) is 0 Å². The van der Waals surface area contributed by atoms with Gasteiger partial charge in [-0.3, -0.25) is 19.2 Å². The number of carbonyl (C=O) groups excluding carboxylic acids is 2. The van der Waals surface area contributed by atoms with E-state index >= 15 is 0 Å². The monoisotopic (exact) mass is 372 g/mol. The van der Waals surface area contributed by atoms with Gasteiger partial charge in [0, 0.05) is 39.0 Å². The van der Waals surface area contributed by atoms with E-state index in [-0.39, 0.29) is 37.7 Å². The number of carbonyl (C=O) groups is 4. The Morgan fingerprint density at radius 3 is 1.50 bits per heavy atom. The lowest BCUT2D eigenvalue weighted by atomic mass is 10.1. The topological polar surface area (TPSA) is 134 Å². The molecule has 0 bridgehead atoms. The summed E-state index contributed by atoms with van der Waals surface area (Å²) >= 11 is 0. The molecule has 2 atom stereocenters. The van der Waals surface area contributed by atoms with Crippen molar-refractivity contribution in [1.29, 1.82) is 0 Å². The van der Waals surface area contributed by atoms with Crippen molar-refractivity contribution in [2.45, 2.75) is 12.8 Å². The molecule has 2 heterocycles. The highest BCUT2D eigenvalue weighted by Crippen LogP contribution is 2.18. The molecule has 2 aliphatic heterocycles. The Balaban J connectivity index is 1.48. The summed E-state index contributed by atoms with van der Waals surface area (Å²) in [6.45, 7) is 2.36. The number of aliphatic carboxylic acids is 2. The molecular formula is C16H24N2O8. The van der Waals surface area contributed by atoms with E-state index in [1.54, 1.807) is 0 Å². The molecule has 10 nitrogen and oxygen atoms in total. The molecule has 2 rings (SSSR count). The van der Waals surface area contributed by atoms with Gasteiger partial charge in [0.2, 0.25) is 11.8 Å². The molecule has 0 radical (unpaired) electrons. The van der Waals surface area contributed by atoms with E-state index in [0.29, 0.717) is 39.5 Å². The van der Waals surface area contributed by atoms with Crippen LogP contribution in [0, 0.1) is 11.8 Å². The summed E-state index contributed by atoms with van der Waals surface area (Å²) in [5.74, 6) is -3.54. The van der Waals surface area contributed by atoms with Crippen molar-refractivity contribution in [3.05, 3.63) is 0 Å². The number of hydrogen-bond acceptors (Lipinski definition) is 6. The summed E-state index contributed by atoms with van der Waals surface area (Å²) in [6.07, 6.45) is 0.0762. The second kappa shape index (κ2) is 9.48. The number of carboxylic acids is 2. The third kappa shape index (κ3) is 5.67. The molecule has 0 spiro atoms. The Morgan fingerprint density at radius 1 is 0.808 bits per heavy atom. The molecule has 146 valence electrons. The number of carboxylic acid groups (broad SMARTS) is 2. The molecule has 0 aromatic carbocycles. The number of amides is 2. The number of likely N-dealkylation sites (tertiary alicyclic amines) is 2. The number of ether oxygens (including phenoxy) is 2. The summed E-state index contributed by atoms with van der Waals surface area (Å²) in [5.41, 5.74) is 0. The first-order chi connectivity index (χ1) is 12.4. The quantitative estimate of drug-likeness (QED) is 0.436. The Morgan fingerprint density at radius 2 is 1.19 bits per heavy atom. The van der Waals surface area contributed by atoms with Gasteiger partial charge < -0.3 is 29.5 Å². The fourth-order valence-corrected chi connectivity index (χ4v) is 2.98. The largest absolute Gasteiger partial charge is 0.481 e. The fraction of sp³-hybridized carbons (Fsp3) is 0.750. The summed E-state index contributed by atoms with van der Waals surface area (Å²) in [4.78, 5) is 47.9. The maximum atomic E-state index is 11.6. The van der Waals surface area contributed by atoms with E-state index in [2.05, 4.69) is 0 Å². The molecule has 0 aromatic heterocycles. The lowest BCUT2D eigenvalue weighted by Crippen LogP contribution is -2.31. The van der Waals surface area contributed by atoms with Crippen molar-refractivity contribution in [2.75, 3.05) is 52.6 Å². The molecular weight excluding hydrogens is 348 g/mol. The van der Waals surface area contributed by atoms with Crippen molar-refractivity contribution < 1.29 is 38.9 Å². The zero-order valence-electron chi connectivity index (χ0n) is 14.5. The highest BCUT2D eigenvalue weighted by molar-refractivity contribution is 5.86. The van der Waals surface area contributed by atoms with Gasteiger partial charge in [-0.2, -0.15) is 0 Å². The minimum absolute atomic E-state index is 0.0381. The van der Waals surface area contributed by atoms with E-state index < -0.39 is 23.8 Å². The minimum atomic E-state index is -0.957. The second-order valence-corrected chi connectivity index (χ2v) is 6.38. The Bertz CT molecular complexity index is 504. The van der Waals surface area contributed by atoms with E-state index in [4.69, 9.17) is 19.7 Å². The maximum Gasteiger partial charge on any atom is 0.308 e. The second-order valence-electron chi connectivity index (χ2n) is 6.38. The molecule has 2 saturated heterocycles. The van der Waals surface area contributed by atoms with Gasteiger partial charge in [0.25, 0.3) is 0 Å². The van der Waals surface area contributed by atoms with Crippen LogP contribution in [0.4, 0.5) is 0 Å². The predicted molar refractivity (Wildman–Crippen MR) is 86.3 cm³/mol. The minimum Gasteiger partial charge on any atom is -0.481 e. The lowest BCUT2D eigenvalue weighted by Gasteiger charge is -2.17. The summed E-state index contributed by atoms with van der Waals surface area (Å²) in [6, 6.07) is 0. The Labute approximate surface area is 150 Å². The molecule has 2 N–H and O–H groups in total. The van der Waals surface area contributed by atoms with Crippen LogP contribution >= 0.6 is 0 Å². The number of hydrogen-bond donors (Lipinski definition) is 2. The number of rotatable bonds is 11. The van der Waals surface area contributed by atoms with Gasteiger partial charge in [-0.05, 0) is 0 Å². The van der Waals surface area contributed by atoms with Crippen LogP contribution in [0.5, 0.6) is 0 Å². The van der Waals surface area contributed by atoms with Crippen LogP contribution in [0.3, 0.4) is 0 Å². The van der Waals surface area contributed by atoms with E-state index in [1.165, 1.54) is 9.80 Å². The lowest BCUT2D eigenvalue weighted by molar-refractivity contribution is -0.142. The first-order valence-corrected chi connectivity index (χ1v) is 8.55. The number of nitrogens with zero attached hydrogens (tertiary/aromatic N) is 2. The molecule has 2 unspecified atom stereocenters. The van der Waals surface area contributed by atoms with Crippen LogP contribution in [0.15, 0.2) is 0 Å². The van der Waals surface area contributed by atoms with E-state index in [1.807, 2.05) is 0 Å². The van der Waals surface area contributed by atoms with Crippen LogP contribution in [0.25, 0.3) is 0 Å². The molecule has 2 amide bonds. The summed E-state index contributed by atoms with van der Waals surface area (Å²) in [7, 11) is 0. The molecule has 0 aromatic rings. The average molecular weight is 372 g/mol. The SMILES string of the molecule is O=C(O)C1CC(=O)N(CCOCCOCCN2CC(C(=O)O)CC2=O)C1. The van der Waals surface area contributed by atoms with Gasteiger partial charge >= 0.3 is 11.9 Å². The van der Waals surface area contributed by atoms with Gasteiger partial charge in [-0.1, -0.05) is 0 Å². The van der Waals surface area contributed by atoms with E-state index in [0.717, 1.165) is 0 Å². The Kier molecular flexibility index (Phi) is 7.34. The smallest absolute Gasteiger partial charge is 0.308 e. The zero-order chi connectivity index (χ0) is 19.1. The molecule has 2 aliphatic rings. The zero-order valence-corrected chi connectivity index (χ0v) is 14.5. The Hall–Kier alpha value is -2.20.